The van der Waals surface area contributed by atoms with Gasteiger partial charge in [0, 0.05) is 60.8 Å². The van der Waals surface area contributed by atoms with Crippen molar-refractivity contribution in [2.45, 2.75) is 52.5 Å². The number of nitrogen functional groups attached to an aromatic ring is 1. The molecule has 0 atom stereocenters. The Morgan fingerprint density at radius 3 is 2.30 bits per heavy atom. The van der Waals surface area contributed by atoms with Crippen molar-refractivity contribution in [3.8, 4) is 17.2 Å². The van der Waals surface area contributed by atoms with Gasteiger partial charge >= 0.3 is 5.69 Å². The Bertz CT molecular complexity index is 2070. The fourth-order valence-electron chi connectivity index (χ4n) is 6.00. The summed E-state index contributed by atoms with van der Waals surface area (Å²) in [6.45, 7) is 8.77. The maximum atomic E-state index is 13.4. The van der Waals surface area contributed by atoms with Crippen LogP contribution in [0.5, 0.6) is 0 Å². The van der Waals surface area contributed by atoms with Gasteiger partial charge in [-0.1, -0.05) is 19.9 Å². The first-order valence-electron chi connectivity index (χ1n) is 15.7. The van der Waals surface area contributed by atoms with Crippen LogP contribution in [0.3, 0.4) is 0 Å². The third kappa shape index (κ3) is 5.91. The molecule has 5 aromatic rings. The first kappa shape index (κ1) is 31.4. The molecule has 1 aliphatic rings. The van der Waals surface area contributed by atoms with Gasteiger partial charge in [0.05, 0.1) is 11.2 Å². The van der Waals surface area contributed by atoms with Crippen LogP contribution in [0.15, 0.2) is 76.7 Å². The van der Waals surface area contributed by atoms with Gasteiger partial charge in [-0.15, -0.1) is 0 Å². The number of nitrogens with one attached hydrogen (secondary N) is 1. The van der Waals surface area contributed by atoms with Crippen LogP contribution in [0.4, 0.5) is 11.6 Å². The largest absolute Gasteiger partial charge is 0.369 e. The zero-order valence-electron chi connectivity index (χ0n) is 26.8. The van der Waals surface area contributed by atoms with Crippen LogP contribution in [0.25, 0.3) is 22.7 Å². The summed E-state index contributed by atoms with van der Waals surface area (Å²) in [5.41, 5.74) is 7.77. The number of likely N-dealkylation sites (tertiary alicyclic amines) is 1. The number of fused-ring (bicyclic) bond motifs is 1. The molecule has 0 bridgehead atoms. The number of benzene rings is 1. The molecule has 13 nitrogen and oxygen atoms in total. The molecule has 4 aromatic heterocycles. The van der Waals surface area contributed by atoms with E-state index in [1.165, 1.54) is 23.0 Å². The molecule has 0 unspecified atom stereocenters. The van der Waals surface area contributed by atoms with E-state index in [4.69, 9.17) is 10.7 Å². The fourth-order valence-corrected chi connectivity index (χ4v) is 6.00. The first-order valence-corrected chi connectivity index (χ1v) is 15.7. The van der Waals surface area contributed by atoms with E-state index in [1.807, 2.05) is 41.3 Å². The van der Waals surface area contributed by atoms with Gasteiger partial charge in [-0.3, -0.25) is 23.4 Å². The van der Waals surface area contributed by atoms with Gasteiger partial charge in [-0.2, -0.15) is 0 Å². The zero-order chi connectivity index (χ0) is 33.4. The fraction of sp³-hybridized carbons (Fsp3) is 0.324. The van der Waals surface area contributed by atoms with E-state index < -0.39 is 17.2 Å². The van der Waals surface area contributed by atoms with Crippen molar-refractivity contribution in [3.05, 3.63) is 99.2 Å². The topological polar surface area (TPSA) is 163 Å². The molecule has 13 heteroatoms. The first-order chi connectivity index (χ1) is 22.5. The van der Waals surface area contributed by atoms with Gasteiger partial charge in [-0.25, -0.2) is 24.3 Å². The van der Waals surface area contributed by atoms with E-state index in [1.54, 1.807) is 44.3 Å². The van der Waals surface area contributed by atoms with Gasteiger partial charge in [0.2, 0.25) is 11.9 Å². The summed E-state index contributed by atoms with van der Waals surface area (Å²) in [6.07, 6.45) is 6.02. The zero-order valence-corrected chi connectivity index (χ0v) is 26.8. The lowest BCUT2D eigenvalue weighted by Gasteiger charge is -2.32. The van der Waals surface area contributed by atoms with Crippen LogP contribution in [-0.2, 0) is 4.79 Å². The van der Waals surface area contributed by atoms with E-state index in [9.17, 15) is 19.2 Å². The van der Waals surface area contributed by atoms with Crippen molar-refractivity contribution < 1.29 is 9.59 Å². The van der Waals surface area contributed by atoms with Gasteiger partial charge in [0.1, 0.15) is 17.2 Å². The van der Waals surface area contributed by atoms with Crippen molar-refractivity contribution in [3.63, 3.8) is 0 Å². The van der Waals surface area contributed by atoms with E-state index in [2.05, 4.69) is 15.3 Å². The van der Waals surface area contributed by atoms with Crippen LogP contribution in [0.2, 0.25) is 0 Å². The van der Waals surface area contributed by atoms with Crippen molar-refractivity contribution in [1.82, 2.24) is 33.4 Å². The predicted octanol–water partition coefficient (Wildman–Crippen LogP) is 3.88. The monoisotopic (exact) mass is 635 g/mol. The normalized spacial score (nSPS) is 13.9. The second kappa shape index (κ2) is 12.7. The Morgan fingerprint density at radius 2 is 1.66 bits per heavy atom. The Morgan fingerprint density at radius 1 is 0.936 bits per heavy atom. The lowest BCUT2D eigenvalue weighted by Crippen LogP contribution is -2.43. The Balaban J connectivity index is 1.28. The SMILES string of the molecule is CC(C)C(=O)N1CCC(c2nc(-c3ccc(NC(=O)c4cn(C(C)C)c(=O)n(-c5ccccn5)c4=O)cc3)n3c(N)nccc23)CC1. The van der Waals surface area contributed by atoms with Crippen LogP contribution in [0.1, 0.15) is 68.5 Å². The minimum absolute atomic E-state index is 0.0367. The number of pyridine rings is 1. The molecule has 1 saturated heterocycles. The minimum atomic E-state index is -0.765. The Hall–Kier alpha value is -5.59. The van der Waals surface area contributed by atoms with Crippen LogP contribution in [-0.4, -0.2) is 58.3 Å². The van der Waals surface area contributed by atoms with Crippen LogP contribution >= 0.6 is 0 Å². The van der Waals surface area contributed by atoms with Crippen molar-refractivity contribution in [2.24, 2.45) is 5.92 Å². The highest BCUT2D eigenvalue weighted by atomic mass is 16.2. The molecule has 1 aliphatic heterocycles. The number of hydrogen-bond acceptors (Lipinski definition) is 8. The van der Waals surface area contributed by atoms with Crippen LogP contribution in [0, 0.1) is 5.92 Å². The number of rotatable bonds is 7. The molecule has 1 fully saturated rings. The van der Waals surface area contributed by atoms with Gasteiger partial charge in [0.15, 0.2) is 0 Å². The highest BCUT2D eigenvalue weighted by Gasteiger charge is 2.29. The molecule has 5 heterocycles. The summed E-state index contributed by atoms with van der Waals surface area (Å²) >= 11 is 0. The number of piperidine rings is 1. The molecule has 3 N–H and O–H groups in total. The van der Waals surface area contributed by atoms with E-state index >= 15 is 0 Å². The highest BCUT2D eigenvalue weighted by molar-refractivity contribution is 6.04. The Kier molecular flexibility index (Phi) is 8.46. The molecular weight excluding hydrogens is 598 g/mol. The van der Waals surface area contributed by atoms with E-state index in [-0.39, 0.29) is 35.2 Å². The van der Waals surface area contributed by atoms with Gasteiger partial charge in [-0.05, 0) is 69.2 Å². The standard InChI is InChI=1S/C34H37N9O4/c1-20(2)31(45)40-17-13-22(14-18-40)28-26-12-16-37-33(35)42(26)29(39-28)23-8-10-24(11-9-23)38-30(44)25-19-41(21(3)4)34(47)43(32(25)46)27-7-5-6-15-36-27/h5-12,15-16,19-22H,13-14,17-18H2,1-4H3,(H2,35,37)(H,38,44). The summed E-state index contributed by atoms with van der Waals surface area (Å²) in [5.74, 6) is 0.661. The molecule has 0 spiro atoms. The molecule has 242 valence electrons. The summed E-state index contributed by atoms with van der Waals surface area (Å²) in [4.78, 5) is 67.9. The number of anilines is 2. The summed E-state index contributed by atoms with van der Waals surface area (Å²) in [7, 11) is 0. The lowest BCUT2D eigenvalue weighted by atomic mass is 9.92. The summed E-state index contributed by atoms with van der Waals surface area (Å²) in [5, 5.41) is 2.78. The summed E-state index contributed by atoms with van der Waals surface area (Å²) in [6, 6.07) is 13.5. The average molecular weight is 636 g/mol. The number of carbonyl (C=O) groups excluding carboxylic acids is 2. The third-order valence-electron chi connectivity index (χ3n) is 8.49. The number of aromatic nitrogens is 6. The summed E-state index contributed by atoms with van der Waals surface area (Å²) < 4.78 is 4.06. The average Bonchev–Trinajstić information content (AvgIpc) is 3.46. The number of nitrogens with two attached hydrogens (primary N) is 1. The second-order valence-electron chi connectivity index (χ2n) is 12.3. The molecule has 6 rings (SSSR count). The smallest absolute Gasteiger partial charge is 0.337 e. The number of amides is 2. The number of imidazole rings is 1. The molecule has 0 radical (unpaired) electrons. The van der Waals surface area contributed by atoms with Gasteiger partial charge in [0.25, 0.3) is 11.5 Å². The van der Waals surface area contributed by atoms with Gasteiger partial charge < -0.3 is 16.0 Å². The van der Waals surface area contributed by atoms with Crippen molar-refractivity contribution >= 4 is 29.0 Å². The van der Waals surface area contributed by atoms with E-state index in [0.717, 1.165) is 34.2 Å². The van der Waals surface area contributed by atoms with Crippen molar-refractivity contribution in [2.75, 3.05) is 24.1 Å². The highest BCUT2D eigenvalue weighted by Crippen LogP contribution is 2.35. The number of nitrogens with zero attached hydrogens (tertiary/aromatic N) is 7. The Labute approximate surface area is 270 Å². The van der Waals surface area contributed by atoms with Crippen LogP contribution < -0.4 is 22.3 Å². The minimum Gasteiger partial charge on any atom is -0.369 e. The van der Waals surface area contributed by atoms with Crippen molar-refractivity contribution in [1.29, 1.82) is 0 Å². The molecular formula is C34H37N9O4. The quantitative estimate of drug-likeness (QED) is 0.272. The second-order valence-corrected chi connectivity index (χ2v) is 12.3. The third-order valence-corrected chi connectivity index (χ3v) is 8.49. The molecule has 0 aliphatic carbocycles. The lowest BCUT2D eigenvalue weighted by molar-refractivity contribution is -0.135. The molecule has 0 saturated carbocycles. The predicted molar refractivity (Wildman–Crippen MR) is 179 cm³/mol. The van der Waals surface area contributed by atoms with E-state index in [0.29, 0.717) is 30.5 Å². The molecule has 1 aromatic carbocycles. The number of carbonyl (C=O) groups is 2. The maximum absolute atomic E-state index is 13.4. The maximum Gasteiger partial charge on any atom is 0.337 e. The molecule has 2 amide bonds. The number of hydrogen-bond donors (Lipinski definition) is 2. The molecule has 47 heavy (non-hydrogen) atoms.